The smallest absolute Gasteiger partial charge is 0.191 e. The van der Waals surface area contributed by atoms with Crippen molar-refractivity contribution < 1.29 is 9.84 Å². The number of nitrogens with one attached hydrogen (secondary N) is 2. The molecule has 0 radical (unpaired) electrons. The summed E-state index contributed by atoms with van der Waals surface area (Å²) in [6.07, 6.45) is 3.37. The Hall–Kier alpha value is -1.79. The van der Waals surface area contributed by atoms with Crippen LogP contribution in [0.2, 0.25) is 0 Å². The first-order chi connectivity index (χ1) is 13.1. The second kappa shape index (κ2) is 11.8. The molecule has 0 spiro atoms. The van der Waals surface area contributed by atoms with E-state index in [9.17, 15) is 5.11 Å². The maximum atomic E-state index is 9.55. The van der Waals surface area contributed by atoms with Crippen molar-refractivity contribution in [3.05, 3.63) is 29.8 Å². The lowest BCUT2D eigenvalue weighted by molar-refractivity contribution is 0.0532. The van der Waals surface area contributed by atoms with Gasteiger partial charge in [0.2, 0.25) is 0 Å². The van der Waals surface area contributed by atoms with Crippen molar-refractivity contribution >= 4 is 5.96 Å². The second-order valence-electron chi connectivity index (χ2n) is 7.36. The Balaban J connectivity index is 1.73. The minimum absolute atomic E-state index is 0.308. The quantitative estimate of drug-likeness (QED) is 0.456. The van der Waals surface area contributed by atoms with Crippen molar-refractivity contribution in [2.24, 2.45) is 4.99 Å². The van der Waals surface area contributed by atoms with Gasteiger partial charge in [0.05, 0.1) is 12.7 Å². The summed E-state index contributed by atoms with van der Waals surface area (Å²) in [5.41, 5.74) is 1.10. The Morgan fingerprint density at radius 2 is 2.11 bits per heavy atom. The Bertz CT molecular complexity index is 569. The van der Waals surface area contributed by atoms with E-state index < -0.39 is 0 Å². The van der Waals surface area contributed by atoms with Gasteiger partial charge in [-0.1, -0.05) is 12.1 Å². The molecule has 1 aromatic carbocycles. The summed E-state index contributed by atoms with van der Waals surface area (Å²) in [4.78, 5) is 7.18. The monoisotopic (exact) mass is 376 g/mol. The molecule has 0 bridgehead atoms. The number of ether oxygens (including phenoxy) is 1. The highest BCUT2D eigenvalue weighted by atomic mass is 16.5. The zero-order valence-electron chi connectivity index (χ0n) is 17.1. The van der Waals surface area contributed by atoms with Crippen molar-refractivity contribution in [2.75, 3.05) is 39.3 Å². The van der Waals surface area contributed by atoms with Gasteiger partial charge in [0.1, 0.15) is 5.75 Å². The number of phenols is 1. The van der Waals surface area contributed by atoms with Gasteiger partial charge in [0.25, 0.3) is 0 Å². The number of likely N-dealkylation sites (tertiary alicyclic amines) is 1. The van der Waals surface area contributed by atoms with Gasteiger partial charge >= 0.3 is 0 Å². The number of hydrogen-bond donors (Lipinski definition) is 3. The Morgan fingerprint density at radius 3 is 2.78 bits per heavy atom. The second-order valence-corrected chi connectivity index (χ2v) is 7.36. The maximum Gasteiger partial charge on any atom is 0.191 e. The van der Waals surface area contributed by atoms with E-state index in [4.69, 9.17) is 9.73 Å². The van der Waals surface area contributed by atoms with Crippen LogP contribution in [0.1, 0.15) is 39.2 Å². The number of hydrogen-bond acceptors (Lipinski definition) is 4. The summed E-state index contributed by atoms with van der Waals surface area (Å²) in [7, 11) is 0. The first kappa shape index (κ1) is 21.5. The zero-order valence-corrected chi connectivity index (χ0v) is 17.1. The van der Waals surface area contributed by atoms with E-state index in [1.807, 2.05) is 12.1 Å². The van der Waals surface area contributed by atoms with E-state index in [1.54, 1.807) is 12.1 Å². The molecule has 1 aromatic rings. The fourth-order valence-corrected chi connectivity index (χ4v) is 3.24. The number of piperidine rings is 1. The summed E-state index contributed by atoms with van der Waals surface area (Å²) in [6.45, 7) is 11.8. The van der Waals surface area contributed by atoms with Crippen molar-refractivity contribution in [3.8, 4) is 5.75 Å². The molecule has 0 unspecified atom stereocenters. The predicted molar refractivity (Wildman–Crippen MR) is 111 cm³/mol. The maximum absolute atomic E-state index is 9.55. The molecule has 1 aliphatic rings. The lowest BCUT2D eigenvalue weighted by Gasteiger charge is -2.33. The molecule has 2 rings (SSSR count). The lowest BCUT2D eigenvalue weighted by atomic mass is 10.1. The Morgan fingerprint density at radius 1 is 1.33 bits per heavy atom. The van der Waals surface area contributed by atoms with Crippen LogP contribution in [0, 0.1) is 0 Å². The molecule has 1 aliphatic heterocycles. The van der Waals surface area contributed by atoms with Gasteiger partial charge in [-0.3, -0.25) is 4.99 Å². The van der Waals surface area contributed by atoms with Crippen LogP contribution < -0.4 is 10.6 Å². The van der Waals surface area contributed by atoms with Gasteiger partial charge in [-0.05, 0) is 57.7 Å². The molecule has 0 amide bonds. The van der Waals surface area contributed by atoms with Crippen LogP contribution in [-0.2, 0) is 11.2 Å². The van der Waals surface area contributed by atoms with Crippen LogP contribution in [-0.4, -0.2) is 67.4 Å². The molecular formula is C21H36N4O2. The van der Waals surface area contributed by atoms with Crippen molar-refractivity contribution in [1.29, 1.82) is 0 Å². The fraction of sp³-hybridized carbons (Fsp3) is 0.667. The number of rotatable bonds is 9. The van der Waals surface area contributed by atoms with Gasteiger partial charge in [-0.2, -0.15) is 0 Å². The third-order valence-electron chi connectivity index (χ3n) is 4.71. The van der Waals surface area contributed by atoms with Gasteiger partial charge in [-0.15, -0.1) is 0 Å². The Kier molecular flexibility index (Phi) is 9.42. The van der Waals surface area contributed by atoms with E-state index in [-0.39, 0.29) is 0 Å². The average molecular weight is 377 g/mol. The van der Waals surface area contributed by atoms with E-state index in [0.29, 0.717) is 24.4 Å². The van der Waals surface area contributed by atoms with E-state index in [2.05, 4.69) is 36.3 Å². The number of nitrogens with zero attached hydrogens (tertiary/aromatic N) is 2. The molecule has 27 heavy (non-hydrogen) atoms. The molecular weight excluding hydrogens is 340 g/mol. The van der Waals surface area contributed by atoms with E-state index in [1.165, 1.54) is 0 Å². The van der Waals surface area contributed by atoms with Crippen LogP contribution in [0.3, 0.4) is 0 Å². The van der Waals surface area contributed by atoms with Crippen LogP contribution in [0.5, 0.6) is 5.75 Å². The summed E-state index contributed by atoms with van der Waals surface area (Å²) < 4.78 is 5.65. The minimum atomic E-state index is 0.308. The van der Waals surface area contributed by atoms with Gasteiger partial charge < -0.3 is 25.4 Å². The molecule has 6 nitrogen and oxygen atoms in total. The van der Waals surface area contributed by atoms with Crippen LogP contribution in [0.4, 0.5) is 0 Å². The normalized spacial score (nSPS) is 16.7. The van der Waals surface area contributed by atoms with E-state index >= 15 is 0 Å². The van der Waals surface area contributed by atoms with Crippen molar-refractivity contribution in [1.82, 2.24) is 15.5 Å². The fourth-order valence-electron chi connectivity index (χ4n) is 3.24. The highest BCUT2D eigenvalue weighted by molar-refractivity contribution is 5.80. The molecule has 3 N–H and O–H groups in total. The number of phenolic OH excluding ortho intramolecular Hbond substituents is 1. The summed E-state index contributed by atoms with van der Waals surface area (Å²) >= 11 is 0. The van der Waals surface area contributed by atoms with Crippen LogP contribution >= 0.6 is 0 Å². The number of guanidine groups is 1. The highest BCUT2D eigenvalue weighted by Crippen LogP contribution is 2.12. The lowest BCUT2D eigenvalue weighted by Crippen LogP contribution is -2.49. The molecule has 0 atom stereocenters. The number of aliphatic imine (C=N–C) groups is 1. The van der Waals surface area contributed by atoms with Gasteiger partial charge in [-0.25, -0.2) is 0 Å². The molecule has 1 saturated heterocycles. The average Bonchev–Trinajstić information content (AvgIpc) is 2.63. The first-order valence-electron chi connectivity index (χ1n) is 10.2. The van der Waals surface area contributed by atoms with Crippen molar-refractivity contribution in [2.45, 2.75) is 52.2 Å². The number of aromatic hydroxyl groups is 1. The SMILES string of the molecule is CCNC(=NCCc1cccc(O)c1)NC1CCN(CCOC(C)C)CC1. The van der Waals surface area contributed by atoms with Gasteiger partial charge in [0.15, 0.2) is 5.96 Å². The zero-order chi connectivity index (χ0) is 19.5. The minimum Gasteiger partial charge on any atom is -0.508 e. The Labute approximate surface area is 164 Å². The molecule has 1 heterocycles. The first-order valence-corrected chi connectivity index (χ1v) is 10.2. The van der Waals surface area contributed by atoms with Crippen LogP contribution in [0.15, 0.2) is 29.3 Å². The molecule has 6 heteroatoms. The summed E-state index contributed by atoms with van der Waals surface area (Å²) in [5.74, 6) is 1.20. The van der Waals surface area contributed by atoms with Gasteiger partial charge in [0, 0.05) is 38.8 Å². The molecule has 0 aliphatic carbocycles. The highest BCUT2D eigenvalue weighted by Gasteiger charge is 2.19. The van der Waals surface area contributed by atoms with E-state index in [0.717, 1.165) is 63.6 Å². The third kappa shape index (κ3) is 8.63. The molecule has 0 saturated carbocycles. The molecule has 0 aromatic heterocycles. The summed E-state index contributed by atoms with van der Waals surface area (Å²) in [6, 6.07) is 7.85. The molecule has 1 fully saturated rings. The number of benzene rings is 1. The topological polar surface area (TPSA) is 69.1 Å². The summed E-state index contributed by atoms with van der Waals surface area (Å²) in [5, 5.41) is 16.5. The standard InChI is InChI=1S/C21H36N4O2/c1-4-22-21(23-11-8-18-6-5-7-20(26)16-18)24-19-9-12-25(13-10-19)14-15-27-17(2)3/h5-7,16-17,19,26H,4,8-15H2,1-3H3,(H2,22,23,24). The molecule has 152 valence electrons. The van der Waals surface area contributed by atoms with Crippen molar-refractivity contribution in [3.63, 3.8) is 0 Å². The van der Waals surface area contributed by atoms with Crippen LogP contribution in [0.25, 0.3) is 0 Å². The largest absolute Gasteiger partial charge is 0.508 e. The third-order valence-corrected chi connectivity index (χ3v) is 4.71. The predicted octanol–water partition coefficient (Wildman–Crippen LogP) is 2.38.